The van der Waals surface area contributed by atoms with Gasteiger partial charge in [0.1, 0.15) is 4.21 Å². The Kier molecular flexibility index (Phi) is 5.51. The molecule has 0 aliphatic carbocycles. The van der Waals surface area contributed by atoms with E-state index in [0.717, 1.165) is 11.3 Å². The summed E-state index contributed by atoms with van der Waals surface area (Å²) < 4.78 is 26.6. The van der Waals surface area contributed by atoms with Gasteiger partial charge in [0.15, 0.2) is 0 Å². The largest absolute Gasteiger partial charge is 0.393 e. The molecule has 96 valence electrons. The van der Waals surface area contributed by atoms with Crippen molar-refractivity contribution in [2.75, 3.05) is 6.54 Å². The quantitative estimate of drug-likeness (QED) is 0.592. The maximum atomic E-state index is 11.8. The molecule has 0 aromatic carbocycles. The van der Waals surface area contributed by atoms with Crippen LogP contribution in [0.1, 0.15) is 24.6 Å². The topological polar surface area (TPSA) is 72.2 Å². The molecule has 0 saturated heterocycles. The molecule has 0 saturated carbocycles. The Labute approximate surface area is 111 Å². The van der Waals surface area contributed by atoms with Crippen LogP contribution in [0.15, 0.2) is 16.3 Å². The minimum absolute atomic E-state index is 0.360. The molecule has 0 aliphatic rings. The van der Waals surface area contributed by atoms with Crippen LogP contribution in [0.2, 0.25) is 0 Å². The van der Waals surface area contributed by atoms with Crippen LogP contribution in [0.5, 0.6) is 0 Å². The van der Waals surface area contributed by atoms with Crippen LogP contribution >= 0.6 is 23.6 Å². The van der Waals surface area contributed by atoms with Gasteiger partial charge in [0.2, 0.25) is 10.0 Å². The first kappa shape index (κ1) is 14.6. The summed E-state index contributed by atoms with van der Waals surface area (Å²) in [5.41, 5.74) is 5.33. The highest BCUT2D eigenvalue weighted by atomic mass is 32.2. The summed E-state index contributed by atoms with van der Waals surface area (Å²) in [7, 11) is -3.36. The van der Waals surface area contributed by atoms with E-state index >= 15 is 0 Å². The zero-order valence-corrected chi connectivity index (χ0v) is 12.1. The molecule has 0 fully saturated rings. The molecular formula is C10H16N2O2S3. The van der Waals surface area contributed by atoms with Crippen LogP contribution in [0, 0.1) is 0 Å². The van der Waals surface area contributed by atoms with Gasteiger partial charge in [-0.05, 0) is 31.4 Å². The number of hydrogen-bond acceptors (Lipinski definition) is 4. The lowest BCUT2D eigenvalue weighted by atomic mass is 10.3. The van der Waals surface area contributed by atoms with E-state index in [1.807, 2.05) is 13.0 Å². The zero-order valence-electron chi connectivity index (χ0n) is 9.60. The van der Waals surface area contributed by atoms with Crippen LogP contribution in [0.4, 0.5) is 0 Å². The van der Waals surface area contributed by atoms with E-state index in [0.29, 0.717) is 28.6 Å². The molecule has 0 atom stereocenters. The fraction of sp³-hybridized carbons (Fsp3) is 0.500. The molecule has 0 aliphatic heterocycles. The SMILES string of the molecule is CCc1ccc(S(=O)(=O)NCCCC(N)=S)s1. The molecule has 1 heterocycles. The first-order chi connectivity index (χ1) is 7.95. The first-order valence-electron chi connectivity index (χ1n) is 5.32. The molecule has 1 aromatic heterocycles. The monoisotopic (exact) mass is 292 g/mol. The van der Waals surface area contributed by atoms with Crippen molar-refractivity contribution < 1.29 is 8.42 Å². The molecule has 0 bridgehead atoms. The lowest BCUT2D eigenvalue weighted by Crippen LogP contribution is -2.24. The highest BCUT2D eigenvalue weighted by molar-refractivity contribution is 7.91. The van der Waals surface area contributed by atoms with Crippen molar-refractivity contribution in [3.63, 3.8) is 0 Å². The highest BCUT2D eigenvalue weighted by Gasteiger charge is 2.15. The minimum atomic E-state index is -3.36. The molecular weight excluding hydrogens is 276 g/mol. The van der Waals surface area contributed by atoms with Gasteiger partial charge >= 0.3 is 0 Å². The maximum absolute atomic E-state index is 11.8. The van der Waals surface area contributed by atoms with E-state index < -0.39 is 10.0 Å². The number of rotatable bonds is 7. The van der Waals surface area contributed by atoms with Crippen LogP contribution in [0.25, 0.3) is 0 Å². The Bertz CT molecular complexity index is 479. The Morgan fingerprint density at radius 3 is 2.76 bits per heavy atom. The van der Waals surface area contributed by atoms with Gasteiger partial charge in [0.25, 0.3) is 0 Å². The molecule has 4 nitrogen and oxygen atoms in total. The number of nitrogens with two attached hydrogens (primary N) is 1. The lowest BCUT2D eigenvalue weighted by Gasteiger charge is -2.03. The zero-order chi connectivity index (χ0) is 12.9. The first-order valence-corrected chi connectivity index (χ1v) is 8.03. The number of hydrogen-bond donors (Lipinski definition) is 2. The van der Waals surface area contributed by atoms with Gasteiger partial charge in [0, 0.05) is 11.4 Å². The predicted molar refractivity (Wildman–Crippen MR) is 74.9 cm³/mol. The molecule has 0 unspecified atom stereocenters. The van der Waals surface area contributed by atoms with Crippen LogP contribution < -0.4 is 10.5 Å². The van der Waals surface area contributed by atoms with Crippen molar-refractivity contribution in [3.8, 4) is 0 Å². The molecule has 0 amide bonds. The summed E-state index contributed by atoms with van der Waals surface area (Å²) in [6, 6.07) is 3.48. The third-order valence-electron chi connectivity index (χ3n) is 2.14. The predicted octanol–water partition coefficient (Wildman–Crippen LogP) is 1.66. The van der Waals surface area contributed by atoms with Crippen LogP contribution in [-0.4, -0.2) is 20.0 Å². The molecule has 0 radical (unpaired) electrons. The van der Waals surface area contributed by atoms with Gasteiger partial charge in [-0.2, -0.15) is 0 Å². The van der Waals surface area contributed by atoms with Gasteiger partial charge in [-0.3, -0.25) is 0 Å². The summed E-state index contributed by atoms with van der Waals surface area (Å²) in [6.45, 7) is 2.36. The van der Waals surface area contributed by atoms with Gasteiger partial charge in [-0.15, -0.1) is 11.3 Å². The fourth-order valence-corrected chi connectivity index (χ4v) is 3.79. The maximum Gasteiger partial charge on any atom is 0.250 e. The van der Waals surface area contributed by atoms with E-state index in [4.69, 9.17) is 18.0 Å². The van der Waals surface area contributed by atoms with Crippen molar-refractivity contribution in [2.45, 2.75) is 30.4 Å². The molecule has 3 N–H and O–H groups in total. The van der Waals surface area contributed by atoms with Gasteiger partial charge in [0.05, 0.1) is 4.99 Å². The van der Waals surface area contributed by atoms with Crippen LogP contribution in [-0.2, 0) is 16.4 Å². The highest BCUT2D eigenvalue weighted by Crippen LogP contribution is 2.21. The van der Waals surface area contributed by atoms with E-state index in [1.165, 1.54) is 11.3 Å². The van der Waals surface area contributed by atoms with Crippen molar-refractivity contribution in [1.29, 1.82) is 0 Å². The summed E-state index contributed by atoms with van der Waals surface area (Å²) >= 11 is 6.02. The van der Waals surface area contributed by atoms with Gasteiger partial charge in [-0.25, -0.2) is 13.1 Å². The van der Waals surface area contributed by atoms with Crippen molar-refractivity contribution in [3.05, 3.63) is 17.0 Å². The van der Waals surface area contributed by atoms with E-state index in [-0.39, 0.29) is 0 Å². The molecule has 17 heavy (non-hydrogen) atoms. The summed E-state index contributed by atoms with van der Waals surface area (Å²) in [5.74, 6) is 0. The number of thiophene rings is 1. The normalized spacial score (nSPS) is 11.6. The lowest BCUT2D eigenvalue weighted by molar-refractivity contribution is 0.582. The Hall–Kier alpha value is -0.500. The van der Waals surface area contributed by atoms with Crippen LogP contribution in [0.3, 0.4) is 0 Å². The van der Waals surface area contributed by atoms with E-state index in [2.05, 4.69) is 4.72 Å². The van der Waals surface area contributed by atoms with Gasteiger partial charge in [-0.1, -0.05) is 19.1 Å². The Balaban J connectivity index is 2.53. The third kappa shape index (κ3) is 4.71. The molecule has 7 heteroatoms. The Morgan fingerprint density at radius 2 is 2.24 bits per heavy atom. The number of thiocarbonyl (C=S) groups is 1. The molecule has 1 aromatic rings. The van der Waals surface area contributed by atoms with Gasteiger partial charge < -0.3 is 5.73 Å². The number of aryl methyl sites for hydroxylation is 1. The average molecular weight is 292 g/mol. The summed E-state index contributed by atoms with van der Waals surface area (Å²) in [5, 5.41) is 0. The minimum Gasteiger partial charge on any atom is -0.393 e. The standard InChI is InChI=1S/C10H16N2O2S3/c1-2-8-5-6-10(16-8)17(13,14)12-7-3-4-9(11)15/h5-6,12H,2-4,7H2,1H3,(H2,11,15). The number of nitrogens with one attached hydrogen (secondary N) is 1. The fourth-order valence-electron chi connectivity index (χ4n) is 1.23. The number of sulfonamides is 1. The van der Waals surface area contributed by atoms with E-state index in [9.17, 15) is 8.42 Å². The summed E-state index contributed by atoms with van der Waals surface area (Å²) in [4.78, 5) is 1.47. The molecule has 0 spiro atoms. The van der Waals surface area contributed by atoms with Crippen molar-refractivity contribution in [2.24, 2.45) is 5.73 Å². The Morgan fingerprint density at radius 1 is 1.53 bits per heavy atom. The third-order valence-corrected chi connectivity index (χ3v) is 5.53. The summed E-state index contributed by atoms with van der Waals surface area (Å²) in [6.07, 6.45) is 2.03. The van der Waals surface area contributed by atoms with E-state index in [1.54, 1.807) is 6.07 Å². The smallest absolute Gasteiger partial charge is 0.250 e. The average Bonchev–Trinajstić information content (AvgIpc) is 2.73. The molecule has 1 rings (SSSR count). The van der Waals surface area contributed by atoms with Crippen molar-refractivity contribution in [1.82, 2.24) is 4.72 Å². The second-order valence-corrected chi connectivity index (χ2v) is 7.23. The second-order valence-electron chi connectivity index (χ2n) is 3.54. The second kappa shape index (κ2) is 6.44. The van der Waals surface area contributed by atoms with Crippen molar-refractivity contribution >= 4 is 38.6 Å².